The van der Waals surface area contributed by atoms with Gasteiger partial charge in [0.15, 0.2) is 5.16 Å². The zero-order chi connectivity index (χ0) is 18.5. The molecule has 26 heavy (non-hydrogen) atoms. The number of morpholine rings is 1. The minimum atomic E-state index is -0.368. The SMILES string of the molecule is CCn1c(S[C@@H](C)C(=O)Nc2ccc(F)cc2)nnc1N1CCOCC1. The Balaban J connectivity index is 1.66. The molecule has 1 fully saturated rings. The number of hydrogen-bond donors (Lipinski definition) is 1. The van der Waals surface area contributed by atoms with Gasteiger partial charge in [-0.15, -0.1) is 10.2 Å². The molecule has 9 heteroatoms. The first kappa shape index (κ1) is 18.7. The fourth-order valence-electron chi connectivity index (χ4n) is 2.63. The number of rotatable bonds is 6. The van der Waals surface area contributed by atoms with Gasteiger partial charge >= 0.3 is 0 Å². The normalized spacial score (nSPS) is 15.7. The number of nitrogens with one attached hydrogen (secondary N) is 1. The van der Waals surface area contributed by atoms with Crippen molar-refractivity contribution in [2.45, 2.75) is 30.8 Å². The molecule has 1 aliphatic heterocycles. The van der Waals surface area contributed by atoms with Gasteiger partial charge < -0.3 is 15.0 Å². The number of halogens is 1. The van der Waals surface area contributed by atoms with Crippen LogP contribution in [0.15, 0.2) is 29.4 Å². The number of nitrogens with zero attached hydrogens (tertiary/aromatic N) is 4. The van der Waals surface area contributed by atoms with Crippen molar-refractivity contribution in [2.75, 3.05) is 36.5 Å². The van der Waals surface area contributed by atoms with Gasteiger partial charge in [-0.25, -0.2) is 4.39 Å². The molecule has 140 valence electrons. The fraction of sp³-hybridized carbons (Fsp3) is 0.471. The number of carbonyl (C=O) groups excluding carboxylic acids is 1. The van der Waals surface area contributed by atoms with E-state index < -0.39 is 0 Å². The standard InChI is InChI=1S/C17H22FN5O2S/c1-3-23-16(22-8-10-25-11-9-22)20-21-17(23)26-12(2)15(24)19-14-6-4-13(18)5-7-14/h4-7,12H,3,8-11H2,1-2H3,(H,19,24)/t12-/m0/s1. The van der Waals surface area contributed by atoms with Crippen LogP contribution in [0.2, 0.25) is 0 Å². The Hall–Kier alpha value is -2.13. The van der Waals surface area contributed by atoms with E-state index in [-0.39, 0.29) is 17.0 Å². The molecule has 0 radical (unpaired) electrons. The van der Waals surface area contributed by atoms with E-state index in [9.17, 15) is 9.18 Å². The summed E-state index contributed by atoms with van der Waals surface area (Å²) in [7, 11) is 0. The van der Waals surface area contributed by atoms with Gasteiger partial charge in [0.2, 0.25) is 11.9 Å². The van der Waals surface area contributed by atoms with Crippen molar-refractivity contribution in [1.82, 2.24) is 14.8 Å². The first-order valence-corrected chi connectivity index (χ1v) is 9.45. The van der Waals surface area contributed by atoms with Crippen LogP contribution in [0.4, 0.5) is 16.0 Å². The Morgan fingerprint density at radius 3 is 2.65 bits per heavy atom. The lowest BCUT2D eigenvalue weighted by Crippen LogP contribution is -2.38. The second-order valence-corrected chi connectivity index (χ2v) is 7.19. The first-order valence-electron chi connectivity index (χ1n) is 8.57. The maximum Gasteiger partial charge on any atom is 0.237 e. The predicted octanol–water partition coefficient (Wildman–Crippen LogP) is 2.39. The Kier molecular flexibility index (Phi) is 6.10. The summed E-state index contributed by atoms with van der Waals surface area (Å²) in [5.41, 5.74) is 0.565. The third-order valence-electron chi connectivity index (χ3n) is 4.07. The van der Waals surface area contributed by atoms with Crippen molar-refractivity contribution in [3.8, 4) is 0 Å². The molecule has 2 aromatic rings. The molecule has 3 rings (SSSR count). The predicted molar refractivity (Wildman–Crippen MR) is 99.1 cm³/mol. The second kappa shape index (κ2) is 8.50. The topological polar surface area (TPSA) is 72.3 Å². The molecule has 0 aliphatic carbocycles. The summed E-state index contributed by atoms with van der Waals surface area (Å²) in [6, 6.07) is 5.71. The number of aromatic nitrogens is 3. The summed E-state index contributed by atoms with van der Waals surface area (Å²) in [5.74, 6) is 0.307. The first-order chi connectivity index (χ1) is 12.6. The van der Waals surface area contributed by atoms with Crippen molar-refractivity contribution in [3.63, 3.8) is 0 Å². The van der Waals surface area contributed by atoms with Crippen LogP contribution in [0.3, 0.4) is 0 Å². The van der Waals surface area contributed by atoms with E-state index in [2.05, 4.69) is 20.4 Å². The number of anilines is 2. The number of carbonyl (C=O) groups is 1. The Morgan fingerprint density at radius 2 is 2.00 bits per heavy atom. The Bertz CT molecular complexity index is 746. The van der Waals surface area contributed by atoms with E-state index in [0.717, 1.165) is 19.0 Å². The molecule has 0 spiro atoms. The largest absolute Gasteiger partial charge is 0.378 e. The van der Waals surface area contributed by atoms with E-state index in [0.29, 0.717) is 30.6 Å². The molecule has 0 saturated carbocycles. The molecule has 0 bridgehead atoms. The van der Waals surface area contributed by atoms with E-state index in [1.807, 2.05) is 18.4 Å². The maximum atomic E-state index is 13.0. The highest BCUT2D eigenvalue weighted by Gasteiger charge is 2.23. The number of amides is 1. The second-order valence-electron chi connectivity index (χ2n) is 5.88. The molecule has 2 heterocycles. The van der Waals surface area contributed by atoms with E-state index in [4.69, 9.17) is 4.74 Å². The van der Waals surface area contributed by atoms with Gasteiger partial charge in [-0.05, 0) is 38.1 Å². The van der Waals surface area contributed by atoms with Crippen LogP contribution in [0.5, 0.6) is 0 Å². The Morgan fingerprint density at radius 1 is 1.31 bits per heavy atom. The molecular weight excluding hydrogens is 357 g/mol. The number of thioether (sulfide) groups is 1. The number of ether oxygens (including phenoxy) is 1. The van der Waals surface area contributed by atoms with Gasteiger partial charge in [-0.3, -0.25) is 9.36 Å². The van der Waals surface area contributed by atoms with Crippen molar-refractivity contribution in [2.24, 2.45) is 0 Å². The highest BCUT2D eigenvalue weighted by molar-refractivity contribution is 8.00. The average Bonchev–Trinajstić information content (AvgIpc) is 3.06. The number of hydrogen-bond acceptors (Lipinski definition) is 6. The van der Waals surface area contributed by atoms with Gasteiger partial charge in [0.1, 0.15) is 5.82 Å². The van der Waals surface area contributed by atoms with Crippen LogP contribution in [-0.4, -0.2) is 52.2 Å². The van der Waals surface area contributed by atoms with E-state index >= 15 is 0 Å². The van der Waals surface area contributed by atoms with Gasteiger partial charge in [0.25, 0.3) is 0 Å². The average molecular weight is 379 g/mol. The number of benzene rings is 1. The molecule has 1 atom stereocenters. The summed E-state index contributed by atoms with van der Waals surface area (Å²) < 4.78 is 20.4. The smallest absolute Gasteiger partial charge is 0.237 e. The summed E-state index contributed by atoms with van der Waals surface area (Å²) in [5, 5.41) is 11.7. The lowest BCUT2D eigenvalue weighted by atomic mass is 10.3. The zero-order valence-corrected chi connectivity index (χ0v) is 15.6. The fourth-order valence-corrected chi connectivity index (χ4v) is 3.54. The van der Waals surface area contributed by atoms with Crippen molar-refractivity contribution < 1.29 is 13.9 Å². The van der Waals surface area contributed by atoms with Gasteiger partial charge in [0, 0.05) is 25.3 Å². The van der Waals surface area contributed by atoms with Gasteiger partial charge in [-0.2, -0.15) is 0 Å². The van der Waals surface area contributed by atoms with E-state index in [1.165, 1.54) is 36.0 Å². The van der Waals surface area contributed by atoms with Crippen molar-refractivity contribution in [1.29, 1.82) is 0 Å². The minimum absolute atomic E-state index is 0.166. The quantitative estimate of drug-likeness (QED) is 0.777. The Labute approximate surface area is 155 Å². The summed E-state index contributed by atoms with van der Waals surface area (Å²) >= 11 is 1.36. The van der Waals surface area contributed by atoms with Crippen LogP contribution >= 0.6 is 11.8 Å². The van der Waals surface area contributed by atoms with Crippen LogP contribution in [0, 0.1) is 5.82 Å². The highest BCUT2D eigenvalue weighted by atomic mass is 32.2. The third kappa shape index (κ3) is 4.34. The molecule has 1 aromatic carbocycles. The summed E-state index contributed by atoms with van der Waals surface area (Å²) in [6.07, 6.45) is 0. The van der Waals surface area contributed by atoms with Crippen LogP contribution in [0.25, 0.3) is 0 Å². The zero-order valence-electron chi connectivity index (χ0n) is 14.8. The molecule has 1 amide bonds. The van der Waals surface area contributed by atoms with Gasteiger partial charge in [0.05, 0.1) is 18.5 Å². The lowest BCUT2D eigenvalue weighted by Gasteiger charge is -2.27. The monoisotopic (exact) mass is 379 g/mol. The molecule has 1 N–H and O–H groups in total. The molecule has 0 unspecified atom stereocenters. The molecule has 7 nitrogen and oxygen atoms in total. The van der Waals surface area contributed by atoms with Gasteiger partial charge in [-0.1, -0.05) is 11.8 Å². The van der Waals surface area contributed by atoms with Crippen LogP contribution in [0.1, 0.15) is 13.8 Å². The molecule has 1 saturated heterocycles. The molecule has 1 aromatic heterocycles. The lowest BCUT2D eigenvalue weighted by molar-refractivity contribution is -0.115. The molecule has 1 aliphatic rings. The third-order valence-corrected chi connectivity index (χ3v) is 5.15. The van der Waals surface area contributed by atoms with Crippen molar-refractivity contribution >= 4 is 29.3 Å². The van der Waals surface area contributed by atoms with Crippen LogP contribution in [-0.2, 0) is 16.1 Å². The van der Waals surface area contributed by atoms with Crippen LogP contribution < -0.4 is 10.2 Å². The highest BCUT2D eigenvalue weighted by Crippen LogP contribution is 2.26. The minimum Gasteiger partial charge on any atom is -0.378 e. The maximum absolute atomic E-state index is 13.0. The summed E-state index contributed by atoms with van der Waals surface area (Å²) in [6.45, 7) is 7.47. The summed E-state index contributed by atoms with van der Waals surface area (Å²) in [4.78, 5) is 14.5. The van der Waals surface area contributed by atoms with Crippen molar-refractivity contribution in [3.05, 3.63) is 30.1 Å². The van der Waals surface area contributed by atoms with E-state index in [1.54, 1.807) is 0 Å². The molecular formula is C17H22FN5O2S.